The second kappa shape index (κ2) is 30.5. The molecule has 0 amide bonds. The van der Waals surface area contributed by atoms with E-state index in [1.807, 2.05) is 6.92 Å². The fourth-order valence-electron chi connectivity index (χ4n) is 6.92. The van der Waals surface area contributed by atoms with Crippen LogP contribution in [0.5, 0.6) is 0 Å². The lowest BCUT2D eigenvalue weighted by Crippen LogP contribution is -2.61. The van der Waals surface area contributed by atoms with E-state index in [-0.39, 0.29) is 26.1 Å². The number of rotatable bonds is 32. The second-order valence-electron chi connectivity index (χ2n) is 15.5. The topological polar surface area (TPSA) is 231 Å². The summed E-state index contributed by atoms with van der Waals surface area (Å²) >= 11 is 0. The molecule has 2 aliphatic rings. The Morgan fingerprint density at radius 2 is 0.911 bits per heavy atom. The van der Waals surface area contributed by atoms with Crippen molar-refractivity contribution in [1.82, 2.24) is 0 Å². The third-order valence-corrected chi connectivity index (χ3v) is 10.6. The van der Waals surface area contributed by atoms with Crippen molar-refractivity contribution in [2.24, 2.45) is 0 Å². The minimum Gasteiger partial charge on any atom is -0.462 e. The third kappa shape index (κ3) is 20.0. The molecule has 0 spiro atoms. The first-order chi connectivity index (χ1) is 27.0. The summed E-state index contributed by atoms with van der Waals surface area (Å²) in [7, 11) is 0. The molecular weight excluding hydrogens is 732 g/mol. The standard InChI is InChI=1S/C41H76O15/c1-3-5-7-8-9-10-11-12-13-14-15-16-17-18-19-20-22-24-33(44)54-29(26-51-32(43)23-21-6-4-2)27-52-40-39(50)37(48)35(46)31(56-40)28-53-41-38(49)36(47)34(45)30(25-42)55-41/h29-31,34-42,45-50H,3-28H2,1-2H3. The van der Waals surface area contributed by atoms with Crippen LogP contribution in [0.1, 0.15) is 155 Å². The zero-order valence-electron chi connectivity index (χ0n) is 34.1. The molecule has 11 atom stereocenters. The number of hydrogen-bond acceptors (Lipinski definition) is 15. The molecule has 330 valence electrons. The number of carbonyl (C=O) groups is 2. The summed E-state index contributed by atoms with van der Waals surface area (Å²) in [4.78, 5) is 25.1. The van der Waals surface area contributed by atoms with Crippen molar-refractivity contribution in [2.45, 2.75) is 223 Å². The van der Waals surface area contributed by atoms with Crippen LogP contribution in [0.25, 0.3) is 0 Å². The normalized spacial score (nSPS) is 28.6. The van der Waals surface area contributed by atoms with Crippen LogP contribution in [-0.2, 0) is 38.0 Å². The van der Waals surface area contributed by atoms with Gasteiger partial charge in [0, 0.05) is 12.8 Å². The van der Waals surface area contributed by atoms with E-state index in [0.29, 0.717) is 12.8 Å². The molecule has 2 heterocycles. The van der Waals surface area contributed by atoms with Crippen molar-refractivity contribution in [1.29, 1.82) is 0 Å². The van der Waals surface area contributed by atoms with Crippen LogP contribution >= 0.6 is 0 Å². The Balaban J connectivity index is 1.76. The summed E-state index contributed by atoms with van der Waals surface area (Å²) in [5.41, 5.74) is 0. The predicted octanol–water partition coefficient (Wildman–Crippen LogP) is 3.70. The number of ether oxygens (including phenoxy) is 6. The largest absolute Gasteiger partial charge is 0.462 e. The molecule has 15 nitrogen and oxygen atoms in total. The Labute approximate surface area is 334 Å². The maximum absolute atomic E-state index is 12.8. The maximum Gasteiger partial charge on any atom is 0.306 e. The fraction of sp³-hybridized carbons (Fsp3) is 0.951. The van der Waals surface area contributed by atoms with Crippen molar-refractivity contribution < 1.29 is 73.8 Å². The Hall–Kier alpha value is -1.50. The van der Waals surface area contributed by atoms with Crippen LogP contribution in [-0.4, -0.2) is 142 Å². The number of hydrogen-bond donors (Lipinski definition) is 7. The number of aliphatic hydroxyl groups excluding tert-OH is 7. The van der Waals surface area contributed by atoms with Gasteiger partial charge in [-0.3, -0.25) is 9.59 Å². The van der Waals surface area contributed by atoms with Crippen LogP contribution in [0.2, 0.25) is 0 Å². The quantitative estimate of drug-likeness (QED) is 0.0380. The van der Waals surface area contributed by atoms with Gasteiger partial charge >= 0.3 is 11.9 Å². The Kier molecular flexibility index (Phi) is 27.6. The van der Waals surface area contributed by atoms with Crippen LogP contribution in [0.15, 0.2) is 0 Å². The molecule has 2 saturated heterocycles. The SMILES string of the molecule is CCCCCCCCCCCCCCCCCCCC(=O)OC(COC(=O)CCCCC)COC1OC(COC2OC(CO)C(O)C(O)C2O)C(O)C(O)C1O. The highest BCUT2D eigenvalue weighted by Gasteiger charge is 2.47. The Morgan fingerprint density at radius 3 is 1.43 bits per heavy atom. The highest BCUT2D eigenvalue weighted by Crippen LogP contribution is 2.26. The van der Waals surface area contributed by atoms with Crippen LogP contribution in [0.4, 0.5) is 0 Å². The van der Waals surface area contributed by atoms with Gasteiger partial charge < -0.3 is 64.2 Å². The van der Waals surface area contributed by atoms with E-state index in [1.54, 1.807) is 0 Å². The third-order valence-electron chi connectivity index (χ3n) is 10.6. The van der Waals surface area contributed by atoms with Gasteiger partial charge in [-0.05, 0) is 12.8 Å². The summed E-state index contributed by atoms with van der Waals surface area (Å²) in [6.45, 7) is 2.39. The van der Waals surface area contributed by atoms with Crippen molar-refractivity contribution in [2.75, 3.05) is 26.4 Å². The first-order valence-electron chi connectivity index (χ1n) is 21.6. The average Bonchev–Trinajstić information content (AvgIpc) is 3.19. The molecule has 0 bridgehead atoms. The van der Waals surface area contributed by atoms with E-state index in [4.69, 9.17) is 28.4 Å². The molecule has 0 aromatic heterocycles. The molecule has 56 heavy (non-hydrogen) atoms. The lowest BCUT2D eigenvalue weighted by Gasteiger charge is -2.42. The molecule has 11 unspecified atom stereocenters. The molecule has 15 heteroatoms. The van der Waals surface area contributed by atoms with Crippen molar-refractivity contribution in [3.63, 3.8) is 0 Å². The van der Waals surface area contributed by atoms with E-state index < -0.39 is 92.7 Å². The second-order valence-corrected chi connectivity index (χ2v) is 15.5. The van der Waals surface area contributed by atoms with E-state index >= 15 is 0 Å². The van der Waals surface area contributed by atoms with Gasteiger partial charge in [0.1, 0.15) is 55.4 Å². The molecule has 0 saturated carbocycles. The van der Waals surface area contributed by atoms with Gasteiger partial charge in [0.2, 0.25) is 0 Å². The molecule has 2 aliphatic heterocycles. The lowest BCUT2D eigenvalue weighted by atomic mass is 9.98. The Bertz CT molecular complexity index is 1000. The molecule has 0 aliphatic carbocycles. The lowest BCUT2D eigenvalue weighted by molar-refractivity contribution is -0.332. The number of aliphatic hydroxyl groups is 7. The summed E-state index contributed by atoms with van der Waals surface area (Å²) in [5, 5.41) is 71.4. The first-order valence-corrected chi connectivity index (χ1v) is 21.6. The first kappa shape index (κ1) is 50.6. The Morgan fingerprint density at radius 1 is 0.500 bits per heavy atom. The molecule has 7 N–H and O–H groups in total. The van der Waals surface area contributed by atoms with Crippen molar-refractivity contribution >= 4 is 11.9 Å². The smallest absolute Gasteiger partial charge is 0.306 e. The van der Waals surface area contributed by atoms with E-state index in [0.717, 1.165) is 32.1 Å². The van der Waals surface area contributed by atoms with E-state index in [2.05, 4.69) is 6.92 Å². The summed E-state index contributed by atoms with van der Waals surface area (Å²) in [5.74, 6) is -0.946. The molecule has 0 radical (unpaired) electrons. The highest BCUT2D eigenvalue weighted by molar-refractivity contribution is 5.70. The monoisotopic (exact) mass is 809 g/mol. The number of unbranched alkanes of at least 4 members (excludes halogenated alkanes) is 18. The van der Waals surface area contributed by atoms with Gasteiger partial charge in [-0.25, -0.2) is 0 Å². The molecule has 0 aromatic carbocycles. The van der Waals surface area contributed by atoms with Gasteiger partial charge in [-0.15, -0.1) is 0 Å². The predicted molar refractivity (Wildman–Crippen MR) is 206 cm³/mol. The average molecular weight is 809 g/mol. The van der Waals surface area contributed by atoms with Crippen LogP contribution < -0.4 is 0 Å². The zero-order valence-corrected chi connectivity index (χ0v) is 34.1. The molecule has 2 fully saturated rings. The van der Waals surface area contributed by atoms with Gasteiger partial charge in [0.15, 0.2) is 18.7 Å². The molecule has 0 aromatic rings. The fourth-order valence-corrected chi connectivity index (χ4v) is 6.92. The summed E-state index contributed by atoms with van der Waals surface area (Å²) < 4.78 is 33.1. The highest BCUT2D eigenvalue weighted by atomic mass is 16.7. The molecule has 2 rings (SSSR count). The van der Waals surface area contributed by atoms with Gasteiger partial charge in [0.25, 0.3) is 0 Å². The maximum atomic E-state index is 12.8. The van der Waals surface area contributed by atoms with Gasteiger partial charge in [-0.2, -0.15) is 0 Å². The molecular formula is C41H76O15. The van der Waals surface area contributed by atoms with E-state index in [1.165, 1.54) is 83.5 Å². The summed E-state index contributed by atoms with van der Waals surface area (Å²) in [6, 6.07) is 0. The number of carbonyl (C=O) groups excluding carboxylic acids is 2. The summed E-state index contributed by atoms with van der Waals surface area (Å²) in [6.07, 6.45) is 6.86. The minimum absolute atomic E-state index is 0.171. The van der Waals surface area contributed by atoms with Crippen LogP contribution in [0, 0.1) is 0 Å². The zero-order chi connectivity index (χ0) is 41.1. The van der Waals surface area contributed by atoms with E-state index in [9.17, 15) is 45.3 Å². The van der Waals surface area contributed by atoms with Gasteiger partial charge in [0.05, 0.1) is 19.8 Å². The number of esters is 2. The van der Waals surface area contributed by atoms with Crippen molar-refractivity contribution in [3.8, 4) is 0 Å². The minimum atomic E-state index is -1.76. The van der Waals surface area contributed by atoms with Gasteiger partial charge in [-0.1, -0.05) is 129 Å². The van der Waals surface area contributed by atoms with Crippen molar-refractivity contribution in [3.05, 3.63) is 0 Å². The van der Waals surface area contributed by atoms with Crippen LogP contribution in [0.3, 0.4) is 0 Å².